The number of halogens is 1. The number of rotatable bonds is 26. The van der Waals surface area contributed by atoms with E-state index in [0.29, 0.717) is 122 Å². The number of nitrogens with one attached hydrogen (secondary N) is 5. The van der Waals surface area contributed by atoms with Crippen molar-refractivity contribution in [2.24, 2.45) is 22.7 Å². The van der Waals surface area contributed by atoms with Gasteiger partial charge in [-0.25, -0.2) is 31.6 Å². The van der Waals surface area contributed by atoms with Crippen LogP contribution < -0.4 is 53.8 Å². The summed E-state index contributed by atoms with van der Waals surface area (Å²) in [6, 6.07) is 9.07. The number of aliphatic hydroxyl groups excluding tert-OH is 2. The summed E-state index contributed by atoms with van der Waals surface area (Å²) in [6.45, 7) is 20.0. The van der Waals surface area contributed by atoms with Gasteiger partial charge in [-0.1, -0.05) is 64.5 Å². The molecule has 0 bridgehead atoms. The number of aryl methyl sites for hydroxylation is 2. The van der Waals surface area contributed by atoms with Crippen molar-refractivity contribution < 1.29 is 89.3 Å². The Balaban J connectivity index is 0.000000206. The number of carboxylic acids is 1. The van der Waals surface area contributed by atoms with Crippen LogP contribution in [0.25, 0.3) is 21.8 Å². The van der Waals surface area contributed by atoms with E-state index < -0.39 is 113 Å². The molecule has 12 rings (SSSR count). The number of fused-ring (bicyclic) bond motifs is 2. The number of methoxy groups -OCH3 is 2. The molecule has 0 spiro atoms. The zero-order chi connectivity index (χ0) is 73.1. The normalized spacial score (nSPS) is 25.9. The zero-order valence-corrected chi connectivity index (χ0v) is 61.8. The first-order chi connectivity index (χ1) is 47.9. The van der Waals surface area contributed by atoms with Gasteiger partial charge in [0.1, 0.15) is 58.4 Å². The number of sulfonamides is 2. The monoisotopic (exact) mass is 1480 g/mol. The van der Waals surface area contributed by atoms with E-state index in [-0.39, 0.29) is 55.1 Å². The minimum Gasteiger partial charge on any atom is -0.496 e. The maximum absolute atomic E-state index is 14.2. The second-order valence-corrected chi connectivity index (χ2v) is 32.6. The SMILES string of the molecule is C=CC1C[C@]1(NC(=O)[C@@H]1C[C@@H](Oc2cc(OCC)nc3c(C)c(OC)ccc23)CN1)C(=O)NS(=O)(=O)C1CC1.C=CC1C[C@]1(NC(=O)[C@@H]1C[C@@H](Oc2cc(OCC)nc3c(C)c(OC)ccc23)CN1C(=O)C(O)C1(C)CCCCC1)C(=O)NS(=O)(=O)C1CC1.CC1(C(O)C(=O)O)CCCCC1.Cl. The third-order valence-electron chi connectivity index (χ3n) is 21.4. The van der Waals surface area contributed by atoms with Crippen LogP contribution >= 0.6 is 12.4 Å². The minimum atomic E-state index is -3.87. The Kier molecular flexibility index (Phi) is 24.5. The van der Waals surface area contributed by atoms with E-state index in [9.17, 15) is 55.8 Å². The topological polar surface area (TPSA) is 376 Å². The predicted octanol–water partition coefficient (Wildman–Crippen LogP) is 6.85. The lowest BCUT2D eigenvalue weighted by Crippen LogP contribution is -2.58. The highest BCUT2D eigenvalue weighted by Gasteiger charge is 2.63. The highest BCUT2D eigenvalue weighted by Crippen LogP contribution is 2.48. The number of likely N-dealkylation sites (tertiary alicyclic amines) is 1. The number of hydrogen-bond donors (Lipinski definition) is 8. The number of pyridine rings is 2. The highest BCUT2D eigenvalue weighted by molar-refractivity contribution is 7.91. The fourth-order valence-corrected chi connectivity index (χ4v) is 17.3. The van der Waals surface area contributed by atoms with Crippen molar-refractivity contribution in [3.05, 3.63) is 72.8 Å². The molecule has 0 radical (unpaired) electrons. The number of nitrogens with zero attached hydrogens (tertiary/aromatic N) is 3. The molecule has 8 fully saturated rings. The number of carboxylic acid groups (broad SMARTS) is 1. The summed E-state index contributed by atoms with van der Waals surface area (Å²) >= 11 is 0. The van der Waals surface area contributed by atoms with Crippen LogP contribution in [-0.4, -0.2) is 181 Å². The van der Waals surface area contributed by atoms with Crippen molar-refractivity contribution >= 4 is 89.8 Å². The van der Waals surface area contributed by atoms with E-state index in [0.717, 1.165) is 61.5 Å². The average molecular weight is 1480 g/mol. The molecule has 102 heavy (non-hydrogen) atoms. The van der Waals surface area contributed by atoms with Gasteiger partial charge >= 0.3 is 5.97 Å². The number of aliphatic carboxylic acids is 1. The molecule has 27 nitrogen and oxygen atoms in total. The summed E-state index contributed by atoms with van der Waals surface area (Å²) in [6.07, 6.45) is 11.5. The molecule has 2 aliphatic heterocycles. The van der Waals surface area contributed by atoms with Crippen LogP contribution in [-0.2, 0) is 48.8 Å². The van der Waals surface area contributed by atoms with Gasteiger partial charge in [0.15, 0.2) is 6.10 Å². The number of ether oxygens (including phenoxy) is 6. The predicted molar refractivity (Wildman–Crippen MR) is 382 cm³/mol. The fourth-order valence-electron chi connectivity index (χ4n) is 14.6. The van der Waals surface area contributed by atoms with Gasteiger partial charge in [0.05, 0.1) is 61.6 Å². The van der Waals surface area contributed by atoms with Gasteiger partial charge in [-0.2, -0.15) is 0 Å². The van der Waals surface area contributed by atoms with E-state index in [4.69, 9.17) is 33.5 Å². The number of benzene rings is 2. The summed E-state index contributed by atoms with van der Waals surface area (Å²) in [5, 5.41) is 38.7. The van der Waals surface area contributed by atoms with Crippen LogP contribution in [0.4, 0.5) is 0 Å². The molecule has 8 aliphatic rings. The van der Waals surface area contributed by atoms with E-state index in [1.807, 2.05) is 65.8 Å². The molecule has 2 saturated heterocycles. The number of aliphatic hydroxyl groups is 2. The second kappa shape index (κ2) is 31.8. The summed E-state index contributed by atoms with van der Waals surface area (Å²) in [5.41, 5.74) is -0.908. The van der Waals surface area contributed by atoms with Crippen molar-refractivity contribution in [3.8, 4) is 34.8 Å². The first-order valence-electron chi connectivity index (χ1n) is 35.1. The molecule has 4 aromatic rings. The van der Waals surface area contributed by atoms with E-state index in [2.05, 4.69) is 48.5 Å². The maximum atomic E-state index is 14.2. The van der Waals surface area contributed by atoms with Crippen LogP contribution in [0.1, 0.15) is 154 Å². The Labute approximate surface area is 602 Å². The summed E-state index contributed by atoms with van der Waals surface area (Å²) < 4.78 is 89.6. The average Bonchev–Trinajstić information content (AvgIpc) is 1.58. The molecular weight excluding hydrogens is 1380 g/mol. The quantitative estimate of drug-likeness (QED) is 0.0298. The molecule has 5 amide bonds. The first-order valence-corrected chi connectivity index (χ1v) is 38.2. The molecule has 8 N–H and O–H groups in total. The van der Waals surface area contributed by atoms with Crippen LogP contribution in [0.5, 0.6) is 34.8 Å². The van der Waals surface area contributed by atoms with Crippen molar-refractivity contribution in [2.45, 2.75) is 215 Å². The highest BCUT2D eigenvalue weighted by atomic mass is 35.5. The van der Waals surface area contributed by atoms with Crippen molar-refractivity contribution in [3.63, 3.8) is 0 Å². The number of aromatic nitrogens is 2. The minimum absolute atomic E-state index is 0. The van der Waals surface area contributed by atoms with Crippen molar-refractivity contribution in [2.75, 3.05) is 40.5 Å². The van der Waals surface area contributed by atoms with E-state index >= 15 is 0 Å². The Morgan fingerprint density at radius 1 is 0.647 bits per heavy atom. The van der Waals surface area contributed by atoms with Crippen LogP contribution in [0, 0.1) is 36.5 Å². The standard InChI is InChI=1S/C36H48N4O9S.C27H34N4O7S.C9H16O3.ClH/c1-6-22-19-36(22,34(44)39-50(45,46)24-11-12-24)38-32(42)26-17-23(20-40(26)33(43)31(41)35(4)15-9-8-10-16-35)49-28-18-29(48-7-2)37-30-21(3)27(47-5)14-13-25(28)30;1-5-16-13-27(16,26(33)31-39(34,35)18-7-8-18)30-25(32)20-11-17(14-28-20)38-22-12-23(37-6-2)29-24-15(3)21(36-4)10-9-19(22)24;1-9(7(10)8(11)12)5-3-2-4-6-9;/h6,13-14,18,22-24,26,31,41H,1,7-12,15-17,19-20H2,2-5H3,(H,38,42)(H,39,44);5,9-10,12,16-18,20,28H,1,6-8,11,13-14H2,2-4H3,(H,30,32)(H,31,33);7,10H,2-6H2,1H3,(H,11,12);1H/t22?,23-,26+,31?,36-;16?,17-,20+,27-;;/m11../s1. The van der Waals surface area contributed by atoms with Crippen molar-refractivity contribution in [1.29, 1.82) is 0 Å². The third kappa shape index (κ3) is 17.0. The lowest BCUT2D eigenvalue weighted by atomic mass is 9.71. The Morgan fingerprint density at radius 2 is 1.08 bits per heavy atom. The molecule has 10 atom stereocenters. The summed E-state index contributed by atoms with van der Waals surface area (Å²) in [5.74, 6) is -1.93. The number of hydrogen-bond acceptors (Lipinski definition) is 21. The molecule has 4 heterocycles. The van der Waals surface area contributed by atoms with Crippen LogP contribution in [0.2, 0.25) is 0 Å². The maximum Gasteiger partial charge on any atom is 0.333 e. The van der Waals surface area contributed by atoms with E-state index in [1.54, 1.807) is 32.4 Å². The van der Waals surface area contributed by atoms with Crippen molar-refractivity contribution in [1.82, 2.24) is 40.3 Å². The lowest BCUT2D eigenvalue weighted by molar-refractivity contribution is -0.155. The van der Waals surface area contributed by atoms with Gasteiger partial charge < -0.3 is 64.6 Å². The second-order valence-electron chi connectivity index (χ2n) is 28.7. The molecule has 4 unspecified atom stereocenters. The smallest absolute Gasteiger partial charge is 0.333 e. The fraction of sp³-hybridized carbons (Fsp3) is 0.611. The molecule has 560 valence electrons. The molecule has 2 aromatic heterocycles. The summed E-state index contributed by atoms with van der Waals surface area (Å²) in [7, 11) is -4.43. The summed E-state index contributed by atoms with van der Waals surface area (Å²) in [4.78, 5) is 89.1. The number of carbonyl (C=O) groups excluding carboxylic acids is 5. The van der Waals surface area contributed by atoms with Gasteiger partial charge in [-0.3, -0.25) is 33.4 Å². The van der Waals surface area contributed by atoms with Gasteiger partial charge in [0, 0.05) is 76.1 Å². The Bertz CT molecular complexity index is 4070. The van der Waals surface area contributed by atoms with Gasteiger partial charge in [-0.15, -0.1) is 25.6 Å². The molecular formula is C72H99ClN8O19S2. The molecule has 30 heteroatoms. The third-order valence-corrected chi connectivity index (χ3v) is 25.0. The Hall–Kier alpha value is -7.57. The Morgan fingerprint density at radius 3 is 1.48 bits per heavy atom. The number of carbonyl (C=O) groups is 6. The van der Waals surface area contributed by atoms with Gasteiger partial charge in [-0.05, 0) is 116 Å². The zero-order valence-electron chi connectivity index (χ0n) is 59.3. The molecule has 6 saturated carbocycles. The van der Waals surface area contributed by atoms with Gasteiger partial charge in [0.25, 0.3) is 17.7 Å². The molecule has 6 aliphatic carbocycles. The van der Waals surface area contributed by atoms with Crippen LogP contribution in [0.3, 0.4) is 0 Å². The van der Waals surface area contributed by atoms with Crippen LogP contribution in [0.15, 0.2) is 61.7 Å². The largest absolute Gasteiger partial charge is 0.496 e. The lowest BCUT2D eigenvalue weighted by Gasteiger charge is -2.39. The van der Waals surface area contributed by atoms with Gasteiger partial charge in [0.2, 0.25) is 43.6 Å². The first kappa shape index (κ1) is 78.6. The molecule has 2 aromatic carbocycles. The number of amides is 5. The van der Waals surface area contributed by atoms with E-state index in [1.165, 1.54) is 17.4 Å².